The van der Waals surface area contributed by atoms with E-state index in [0.717, 1.165) is 29.6 Å². The molecule has 3 heteroatoms. The molecule has 3 nitrogen and oxygen atoms in total. The molecular formula is C14H16N2O. The second kappa shape index (κ2) is 3.70. The van der Waals surface area contributed by atoms with Crippen molar-refractivity contribution < 1.29 is 4.74 Å². The number of hydrogen-bond donors (Lipinski definition) is 1. The Kier molecular flexibility index (Phi) is 2.30. The van der Waals surface area contributed by atoms with Crippen LogP contribution in [0.2, 0.25) is 0 Å². The molecule has 2 N–H and O–H groups in total. The summed E-state index contributed by atoms with van der Waals surface area (Å²) in [6.45, 7) is 0.670. The summed E-state index contributed by atoms with van der Waals surface area (Å²) < 4.78 is 5.41. The van der Waals surface area contributed by atoms with Gasteiger partial charge in [0, 0.05) is 22.9 Å². The molecule has 0 aliphatic heterocycles. The Morgan fingerprint density at radius 1 is 1.35 bits per heavy atom. The summed E-state index contributed by atoms with van der Waals surface area (Å²) in [5.74, 6) is 0.728. The first-order valence-corrected chi connectivity index (χ1v) is 5.93. The molecule has 1 aromatic heterocycles. The highest BCUT2D eigenvalue weighted by molar-refractivity contribution is 5.80. The van der Waals surface area contributed by atoms with Crippen molar-refractivity contribution in [3.05, 3.63) is 35.9 Å². The van der Waals surface area contributed by atoms with Crippen LogP contribution in [0, 0.1) is 0 Å². The number of aromatic nitrogens is 1. The average molecular weight is 228 g/mol. The molecule has 3 rings (SSSR count). The first-order valence-electron chi connectivity index (χ1n) is 5.93. The molecule has 0 bridgehead atoms. The second-order valence-electron chi connectivity index (χ2n) is 4.72. The van der Waals surface area contributed by atoms with Crippen LogP contribution in [-0.4, -0.2) is 18.6 Å². The fourth-order valence-electron chi connectivity index (χ4n) is 2.37. The van der Waals surface area contributed by atoms with Gasteiger partial charge in [-0.25, -0.2) is 4.98 Å². The number of methoxy groups -OCH3 is 1. The lowest BCUT2D eigenvalue weighted by Gasteiger charge is -2.16. The van der Waals surface area contributed by atoms with Crippen molar-refractivity contribution in [3.63, 3.8) is 0 Å². The third kappa shape index (κ3) is 1.58. The Balaban J connectivity index is 2.22. The van der Waals surface area contributed by atoms with E-state index in [2.05, 4.69) is 17.1 Å². The van der Waals surface area contributed by atoms with Gasteiger partial charge in [-0.3, -0.25) is 0 Å². The van der Waals surface area contributed by atoms with Crippen molar-refractivity contribution >= 4 is 10.9 Å². The minimum atomic E-state index is 0.113. The van der Waals surface area contributed by atoms with E-state index in [9.17, 15) is 0 Å². The Bertz CT molecular complexity index is 561. The Labute approximate surface area is 101 Å². The number of benzene rings is 1. The minimum Gasteiger partial charge on any atom is -0.481 e. The summed E-state index contributed by atoms with van der Waals surface area (Å²) in [6, 6.07) is 10.3. The van der Waals surface area contributed by atoms with E-state index in [4.69, 9.17) is 10.5 Å². The summed E-state index contributed by atoms with van der Waals surface area (Å²) in [5, 5.41) is 1.16. The maximum absolute atomic E-state index is 5.89. The molecule has 1 heterocycles. The SMILES string of the molecule is COc1nc2ccccc2cc1C1(CN)CC1. The summed E-state index contributed by atoms with van der Waals surface area (Å²) in [7, 11) is 1.67. The molecule has 0 spiro atoms. The van der Waals surface area contributed by atoms with Gasteiger partial charge < -0.3 is 10.5 Å². The highest BCUT2D eigenvalue weighted by Crippen LogP contribution is 2.50. The van der Waals surface area contributed by atoms with Crippen molar-refractivity contribution in [2.75, 3.05) is 13.7 Å². The molecule has 88 valence electrons. The quantitative estimate of drug-likeness (QED) is 0.876. The van der Waals surface area contributed by atoms with E-state index in [-0.39, 0.29) is 5.41 Å². The van der Waals surface area contributed by atoms with E-state index in [0.29, 0.717) is 6.54 Å². The van der Waals surface area contributed by atoms with Crippen LogP contribution in [0.25, 0.3) is 10.9 Å². The standard InChI is InChI=1S/C14H16N2O/c1-17-13-11(14(9-15)6-7-14)8-10-4-2-3-5-12(10)16-13/h2-5,8H,6-7,9,15H2,1H3. The largest absolute Gasteiger partial charge is 0.481 e. The fraction of sp³-hybridized carbons (Fsp3) is 0.357. The summed E-state index contributed by atoms with van der Waals surface area (Å²) in [5.41, 5.74) is 8.14. The molecule has 0 radical (unpaired) electrons. The molecule has 1 aliphatic carbocycles. The number of fused-ring (bicyclic) bond motifs is 1. The molecule has 0 atom stereocenters. The van der Waals surface area contributed by atoms with E-state index < -0.39 is 0 Å². The number of ether oxygens (including phenoxy) is 1. The minimum absolute atomic E-state index is 0.113. The second-order valence-corrected chi connectivity index (χ2v) is 4.72. The van der Waals surface area contributed by atoms with E-state index in [1.165, 1.54) is 5.56 Å². The predicted molar refractivity (Wildman–Crippen MR) is 68.3 cm³/mol. The molecule has 1 aliphatic rings. The molecule has 1 aromatic carbocycles. The van der Waals surface area contributed by atoms with E-state index in [1.54, 1.807) is 7.11 Å². The molecule has 1 saturated carbocycles. The van der Waals surface area contributed by atoms with Crippen LogP contribution in [0.5, 0.6) is 5.88 Å². The lowest BCUT2D eigenvalue weighted by molar-refractivity contribution is 0.389. The maximum atomic E-state index is 5.89. The van der Waals surface area contributed by atoms with Gasteiger partial charge in [-0.15, -0.1) is 0 Å². The van der Waals surface area contributed by atoms with Crippen LogP contribution in [0.3, 0.4) is 0 Å². The smallest absolute Gasteiger partial charge is 0.217 e. The van der Waals surface area contributed by atoms with Gasteiger partial charge in [0.05, 0.1) is 12.6 Å². The van der Waals surface area contributed by atoms with E-state index >= 15 is 0 Å². The van der Waals surface area contributed by atoms with Crippen LogP contribution >= 0.6 is 0 Å². The summed E-state index contributed by atoms with van der Waals surface area (Å²) >= 11 is 0. The van der Waals surface area contributed by atoms with Crippen molar-refractivity contribution in [2.24, 2.45) is 5.73 Å². The third-order valence-corrected chi connectivity index (χ3v) is 3.70. The molecule has 0 amide bonds. The molecule has 1 fully saturated rings. The zero-order chi connectivity index (χ0) is 11.9. The van der Waals surface area contributed by atoms with Crippen LogP contribution in [0.4, 0.5) is 0 Å². The van der Waals surface area contributed by atoms with Gasteiger partial charge in [0.25, 0.3) is 0 Å². The molecule has 0 unspecified atom stereocenters. The van der Waals surface area contributed by atoms with Gasteiger partial charge in [-0.1, -0.05) is 18.2 Å². The molecular weight excluding hydrogens is 212 g/mol. The first kappa shape index (κ1) is 10.5. The summed E-state index contributed by atoms with van der Waals surface area (Å²) in [4.78, 5) is 4.57. The average Bonchev–Trinajstić information content (AvgIpc) is 3.18. The van der Waals surface area contributed by atoms with Gasteiger partial charge in [-0.2, -0.15) is 0 Å². The fourth-order valence-corrected chi connectivity index (χ4v) is 2.37. The Hall–Kier alpha value is -1.61. The molecule has 17 heavy (non-hydrogen) atoms. The van der Waals surface area contributed by atoms with Gasteiger partial charge in [0.1, 0.15) is 0 Å². The van der Waals surface area contributed by atoms with Crippen LogP contribution in [0.1, 0.15) is 18.4 Å². The van der Waals surface area contributed by atoms with Crippen molar-refractivity contribution in [3.8, 4) is 5.88 Å². The molecule has 2 aromatic rings. The normalized spacial score (nSPS) is 17.1. The van der Waals surface area contributed by atoms with Crippen LogP contribution in [-0.2, 0) is 5.41 Å². The highest BCUT2D eigenvalue weighted by atomic mass is 16.5. The zero-order valence-corrected chi connectivity index (χ0v) is 9.94. The van der Waals surface area contributed by atoms with Crippen LogP contribution in [0.15, 0.2) is 30.3 Å². The monoisotopic (exact) mass is 228 g/mol. The first-order chi connectivity index (χ1) is 8.29. The topological polar surface area (TPSA) is 48.1 Å². The number of hydrogen-bond acceptors (Lipinski definition) is 3. The van der Waals surface area contributed by atoms with E-state index in [1.807, 2.05) is 18.2 Å². The van der Waals surface area contributed by atoms with Gasteiger partial charge in [-0.05, 0) is 25.0 Å². The molecule has 0 saturated heterocycles. The van der Waals surface area contributed by atoms with Gasteiger partial charge >= 0.3 is 0 Å². The number of pyridine rings is 1. The predicted octanol–water partition coefficient (Wildman–Crippen LogP) is 2.23. The lowest BCUT2D eigenvalue weighted by atomic mass is 9.96. The maximum Gasteiger partial charge on any atom is 0.217 e. The van der Waals surface area contributed by atoms with Crippen molar-refractivity contribution in [2.45, 2.75) is 18.3 Å². The summed E-state index contributed by atoms with van der Waals surface area (Å²) in [6.07, 6.45) is 2.28. The zero-order valence-electron chi connectivity index (χ0n) is 9.94. The Morgan fingerprint density at radius 2 is 2.12 bits per heavy atom. The van der Waals surface area contributed by atoms with Gasteiger partial charge in [0.15, 0.2) is 0 Å². The number of para-hydroxylation sites is 1. The third-order valence-electron chi connectivity index (χ3n) is 3.70. The lowest BCUT2D eigenvalue weighted by Crippen LogP contribution is -2.20. The van der Waals surface area contributed by atoms with Crippen molar-refractivity contribution in [1.82, 2.24) is 4.98 Å². The highest BCUT2D eigenvalue weighted by Gasteiger charge is 2.45. The van der Waals surface area contributed by atoms with Crippen molar-refractivity contribution in [1.29, 1.82) is 0 Å². The Morgan fingerprint density at radius 3 is 2.76 bits per heavy atom. The van der Waals surface area contributed by atoms with Crippen LogP contribution < -0.4 is 10.5 Å². The number of nitrogens with zero attached hydrogens (tertiary/aromatic N) is 1. The number of rotatable bonds is 3. The van der Waals surface area contributed by atoms with Gasteiger partial charge in [0.2, 0.25) is 5.88 Å². The number of nitrogens with two attached hydrogens (primary N) is 1.